The van der Waals surface area contributed by atoms with E-state index < -0.39 is 23.4 Å². The standard InChI is InChI=1S/C19H29N3O4/c1-18(2,3)25-16(23)21-12-14(11-15-9-7-8-10-20-15)13-22-17(24)26-19(4,5)6/h7-11H,12-13H2,1-6H3,(H,21,23)(H,22,24). The summed E-state index contributed by atoms with van der Waals surface area (Å²) in [6, 6.07) is 5.51. The van der Waals surface area contributed by atoms with E-state index in [-0.39, 0.29) is 13.1 Å². The largest absolute Gasteiger partial charge is 0.444 e. The Morgan fingerprint density at radius 2 is 1.46 bits per heavy atom. The minimum absolute atomic E-state index is 0.210. The molecule has 0 fully saturated rings. The van der Waals surface area contributed by atoms with E-state index in [0.29, 0.717) is 0 Å². The molecule has 1 aromatic heterocycles. The molecule has 0 aliphatic carbocycles. The maximum atomic E-state index is 11.9. The molecule has 1 rings (SSSR count). The van der Waals surface area contributed by atoms with Crippen LogP contribution in [0.2, 0.25) is 0 Å². The van der Waals surface area contributed by atoms with Crippen LogP contribution in [0.15, 0.2) is 30.0 Å². The summed E-state index contributed by atoms with van der Waals surface area (Å²) < 4.78 is 10.4. The number of nitrogens with one attached hydrogen (secondary N) is 2. The average Bonchev–Trinajstić information content (AvgIpc) is 2.47. The highest BCUT2D eigenvalue weighted by Crippen LogP contribution is 2.09. The first-order valence-electron chi connectivity index (χ1n) is 8.49. The van der Waals surface area contributed by atoms with Crippen LogP contribution in [0.5, 0.6) is 0 Å². The van der Waals surface area contributed by atoms with Crippen molar-refractivity contribution < 1.29 is 19.1 Å². The summed E-state index contributed by atoms with van der Waals surface area (Å²) in [6.07, 6.45) is 2.42. The lowest BCUT2D eigenvalue weighted by Gasteiger charge is -2.21. The van der Waals surface area contributed by atoms with E-state index in [9.17, 15) is 9.59 Å². The lowest BCUT2D eigenvalue weighted by Crippen LogP contribution is -2.37. The molecule has 0 aliphatic heterocycles. The second-order valence-corrected chi connectivity index (χ2v) is 7.77. The fraction of sp³-hybridized carbons (Fsp3) is 0.526. The highest BCUT2D eigenvalue weighted by molar-refractivity contribution is 5.70. The summed E-state index contributed by atoms with van der Waals surface area (Å²) in [5.74, 6) is 0. The first-order chi connectivity index (χ1) is 11.9. The van der Waals surface area contributed by atoms with E-state index in [4.69, 9.17) is 9.47 Å². The Bertz CT molecular complexity index is 594. The molecule has 2 N–H and O–H groups in total. The van der Waals surface area contributed by atoms with Gasteiger partial charge in [-0.15, -0.1) is 0 Å². The van der Waals surface area contributed by atoms with Crippen LogP contribution in [0.3, 0.4) is 0 Å². The average molecular weight is 363 g/mol. The predicted molar refractivity (Wildman–Crippen MR) is 101 cm³/mol. The number of rotatable bonds is 5. The summed E-state index contributed by atoms with van der Waals surface area (Å²) in [7, 11) is 0. The van der Waals surface area contributed by atoms with Crippen LogP contribution >= 0.6 is 0 Å². The van der Waals surface area contributed by atoms with Crippen molar-refractivity contribution in [2.24, 2.45) is 0 Å². The number of nitrogens with zero attached hydrogens (tertiary/aromatic N) is 1. The third kappa shape index (κ3) is 10.3. The molecule has 144 valence electrons. The topological polar surface area (TPSA) is 89.5 Å². The van der Waals surface area contributed by atoms with E-state index in [1.165, 1.54) is 0 Å². The van der Waals surface area contributed by atoms with Gasteiger partial charge in [-0.25, -0.2) is 9.59 Å². The van der Waals surface area contributed by atoms with Crippen LogP contribution in [0.4, 0.5) is 9.59 Å². The summed E-state index contributed by atoms with van der Waals surface area (Å²) >= 11 is 0. The van der Waals surface area contributed by atoms with Gasteiger partial charge in [0.05, 0.1) is 5.69 Å². The number of ether oxygens (including phenoxy) is 2. The normalized spacial score (nSPS) is 11.3. The molecular formula is C19H29N3O4. The SMILES string of the molecule is CC(C)(C)OC(=O)NCC(=Cc1ccccn1)CNC(=O)OC(C)(C)C. The smallest absolute Gasteiger partial charge is 0.407 e. The van der Waals surface area contributed by atoms with E-state index in [1.807, 2.05) is 18.2 Å². The molecule has 0 spiro atoms. The summed E-state index contributed by atoms with van der Waals surface area (Å²) in [5, 5.41) is 5.36. The Morgan fingerprint density at radius 3 is 1.85 bits per heavy atom. The van der Waals surface area contributed by atoms with Crippen molar-refractivity contribution in [1.29, 1.82) is 0 Å². The van der Waals surface area contributed by atoms with Gasteiger partial charge in [-0.2, -0.15) is 0 Å². The molecule has 7 nitrogen and oxygen atoms in total. The zero-order chi connectivity index (χ0) is 19.8. The number of alkyl carbamates (subject to hydrolysis) is 2. The molecule has 26 heavy (non-hydrogen) atoms. The summed E-state index contributed by atoms with van der Waals surface area (Å²) in [5.41, 5.74) is 0.313. The van der Waals surface area contributed by atoms with Crippen LogP contribution in [0.25, 0.3) is 6.08 Å². The number of carbonyl (C=O) groups excluding carboxylic acids is 2. The van der Waals surface area contributed by atoms with Gasteiger partial charge in [0.25, 0.3) is 0 Å². The van der Waals surface area contributed by atoms with Gasteiger partial charge in [0, 0.05) is 19.3 Å². The third-order valence-corrected chi connectivity index (χ3v) is 2.76. The van der Waals surface area contributed by atoms with E-state index >= 15 is 0 Å². The van der Waals surface area contributed by atoms with Gasteiger partial charge in [-0.3, -0.25) is 4.98 Å². The molecule has 0 saturated heterocycles. The Hall–Kier alpha value is -2.57. The first kappa shape index (κ1) is 21.5. The van der Waals surface area contributed by atoms with Crippen LogP contribution < -0.4 is 10.6 Å². The Labute approximate surface area is 155 Å². The minimum Gasteiger partial charge on any atom is -0.444 e. The second kappa shape index (κ2) is 9.22. The zero-order valence-corrected chi connectivity index (χ0v) is 16.4. The van der Waals surface area contributed by atoms with Gasteiger partial charge < -0.3 is 20.1 Å². The number of hydrogen-bond donors (Lipinski definition) is 2. The number of hydrogen-bond acceptors (Lipinski definition) is 5. The van der Waals surface area contributed by atoms with Gasteiger partial charge in [-0.1, -0.05) is 6.07 Å². The molecule has 7 heteroatoms. The van der Waals surface area contributed by atoms with Crippen LogP contribution in [0, 0.1) is 0 Å². The van der Waals surface area contributed by atoms with Crippen LogP contribution in [-0.4, -0.2) is 41.5 Å². The molecule has 1 aromatic rings. The molecule has 0 radical (unpaired) electrons. The molecular weight excluding hydrogens is 334 g/mol. The van der Waals surface area contributed by atoms with Gasteiger partial charge in [0.15, 0.2) is 0 Å². The maximum Gasteiger partial charge on any atom is 0.407 e. The lowest BCUT2D eigenvalue weighted by molar-refractivity contribution is 0.0530. The Kier molecular flexibility index (Phi) is 7.61. The summed E-state index contributed by atoms with van der Waals surface area (Å²) in [6.45, 7) is 11.2. The molecule has 1 heterocycles. The second-order valence-electron chi connectivity index (χ2n) is 7.77. The van der Waals surface area contributed by atoms with Crippen molar-refractivity contribution in [1.82, 2.24) is 15.6 Å². The van der Waals surface area contributed by atoms with Gasteiger partial charge >= 0.3 is 12.2 Å². The molecule has 2 amide bonds. The fourth-order valence-electron chi connectivity index (χ4n) is 1.83. The molecule has 0 aliphatic rings. The van der Waals surface area contributed by atoms with Crippen LogP contribution in [0.1, 0.15) is 47.2 Å². The third-order valence-electron chi connectivity index (χ3n) is 2.76. The first-order valence-corrected chi connectivity index (χ1v) is 8.49. The number of pyridine rings is 1. The number of amides is 2. The van der Waals surface area contributed by atoms with Crippen LogP contribution in [-0.2, 0) is 9.47 Å². The van der Waals surface area contributed by atoms with E-state index in [2.05, 4.69) is 15.6 Å². The van der Waals surface area contributed by atoms with Crippen molar-refractivity contribution in [2.45, 2.75) is 52.7 Å². The zero-order valence-electron chi connectivity index (χ0n) is 16.4. The quantitative estimate of drug-likeness (QED) is 0.835. The number of aromatic nitrogens is 1. The molecule has 0 saturated carbocycles. The minimum atomic E-state index is -0.580. The van der Waals surface area contributed by atoms with Crippen molar-refractivity contribution in [2.75, 3.05) is 13.1 Å². The number of carbonyl (C=O) groups is 2. The Balaban J connectivity index is 2.72. The highest BCUT2D eigenvalue weighted by atomic mass is 16.6. The fourth-order valence-corrected chi connectivity index (χ4v) is 1.83. The molecule has 0 atom stereocenters. The van der Waals surface area contributed by atoms with E-state index in [0.717, 1.165) is 11.3 Å². The van der Waals surface area contributed by atoms with Gasteiger partial charge in [-0.05, 0) is 65.3 Å². The predicted octanol–water partition coefficient (Wildman–Crippen LogP) is 3.51. The van der Waals surface area contributed by atoms with Gasteiger partial charge in [0.2, 0.25) is 0 Å². The molecule has 0 unspecified atom stereocenters. The highest BCUT2D eigenvalue weighted by Gasteiger charge is 2.18. The Morgan fingerprint density at radius 1 is 0.962 bits per heavy atom. The summed E-state index contributed by atoms with van der Waals surface area (Å²) in [4.78, 5) is 27.9. The van der Waals surface area contributed by atoms with Crippen molar-refractivity contribution in [3.8, 4) is 0 Å². The van der Waals surface area contributed by atoms with Crippen molar-refractivity contribution in [3.05, 3.63) is 35.7 Å². The molecule has 0 bridgehead atoms. The van der Waals surface area contributed by atoms with Gasteiger partial charge in [0.1, 0.15) is 11.2 Å². The maximum absolute atomic E-state index is 11.9. The lowest BCUT2D eigenvalue weighted by atomic mass is 10.2. The monoisotopic (exact) mass is 363 g/mol. The van der Waals surface area contributed by atoms with E-state index in [1.54, 1.807) is 53.8 Å². The van der Waals surface area contributed by atoms with Crippen molar-refractivity contribution >= 4 is 18.3 Å². The molecule has 0 aromatic carbocycles. The van der Waals surface area contributed by atoms with Crippen molar-refractivity contribution in [3.63, 3.8) is 0 Å².